The van der Waals surface area contributed by atoms with Gasteiger partial charge >= 0.3 is 17.9 Å². The number of hydrogen-bond donors (Lipinski definition) is 0. The molecule has 0 aliphatic rings. The summed E-state index contributed by atoms with van der Waals surface area (Å²) in [5.74, 6) is -0.0612. The molecule has 0 N–H and O–H groups in total. The average Bonchev–Trinajstić information content (AvgIpc) is 3.11. The number of carbonyl (C=O) groups is 3. The molecule has 0 amide bonds. The highest BCUT2D eigenvalue weighted by atomic mass is 16.6. The Labute approximate surface area is 317 Å². The molecule has 0 aromatic rings. The lowest BCUT2D eigenvalue weighted by molar-refractivity contribution is -0.167. The van der Waals surface area contributed by atoms with Crippen LogP contribution in [-0.4, -0.2) is 37.2 Å². The van der Waals surface area contributed by atoms with Crippen molar-refractivity contribution in [1.82, 2.24) is 0 Å². The Balaban J connectivity index is 4.34. The van der Waals surface area contributed by atoms with Crippen LogP contribution >= 0.6 is 0 Å². The van der Waals surface area contributed by atoms with Crippen LogP contribution in [0.25, 0.3) is 0 Å². The van der Waals surface area contributed by atoms with Gasteiger partial charge in [-0.2, -0.15) is 0 Å². The first-order chi connectivity index (χ1) is 24.9. The van der Waals surface area contributed by atoms with Crippen molar-refractivity contribution in [3.8, 4) is 0 Å². The normalized spacial score (nSPS) is 11.9. The van der Waals surface area contributed by atoms with Gasteiger partial charge in [0, 0.05) is 19.3 Å². The Kier molecular flexibility index (Phi) is 38.4. The predicted octanol–water partition coefficient (Wildman–Crippen LogP) is 13.9. The number of carbonyl (C=O) groups excluding carboxylic acids is 3. The molecule has 0 aliphatic heterocycles. The van der Waals surface area contributed by atoms with Crippen molar-refractivity contribution in [2.24, 2.45) is 5.92 Å². The van der Waals surface area contributed by atoms with E-state index in [1.807, 2.05) is 0 Å². The lowest BCUT2D eigenvalue weighted by Gasteiger charge is -2.18. The van der Waals surface area contributed by atoms with Crippen LogP contribution in [0.1, 0.15) is 246 Å². The van der Waals surface area contributed by atoms with E-state index in [0.29, 0.717) is 19.3 Å². The first kappa shape index (κ1) is 49.4. The average molecular weight is 723 g/mol. The molecule has 0 radical (unpaired) electrons. The van der Waals surface area contributed by atoms with E-state index in [4.69, 9.17) is 14.2 Å². The molecule has 0 spiro atoms. The van der Waals surface area contributed by atoms with Crippen LogP contribution in [-0.2, 0) is 28.6 Å². The van der Waals surface area contributed by atoms with Gasteiger partial charge in [0.25, 0.3) is 0 Å². The quantitative estimate of drug-likeness (QED) is 0.0356. The second-order valence-electron chi connectivity index (χ2n) is 15.8. The van der Waals surface area contributed by atoms with Crippen molar-refractivity contribution in [2.75, 3.05) is 13.2 Å². The van der Waals surface area contributed by atoms with Crippen LogP contribution in [0, 0.1) is 5.92 Å². The number of hydrogen-bond acceptors (Lipinski definition) is 6. The molecule has 0 bridgehead atoms. The van der Waals surface area contributed by atoms with Gasteiger partial charge in [0.15, 0.2) is 6.10 Å². The molecule has 0 heterocycles. The highest BCUT2D eigenvalue weighted by Crippen LogP contribution is 2.16. The van der Waals surface area contributed by atoms with Gasteiger partial charge in [-0.25, -0.2) is 0 Å². The third-order valence-electron chi connectivity index (χ3n) is 10.0. The van der Waals surface area contributed by atoms with Crippen molar-refractivity contribution >= 4 is 17.9 Å². The SMILES string of the molecule is CCCCCCCCCCCCCC(=O)OC[C@H](COC(=O)CCCCCCCCCCC(C)C)OC(=O)CCCCCCCCCCCCC. The molecule has 0 rings (SSSR count). The zero-order chi connectivity index (χ0) is 37.5. The van der Waals surface area contributed by atoms with Gasteiger partial charge in [0.1, 0.15) is 13.2 Å². The molecule has 0 saturated carbocycles. The number of unbranched alkanes of at least 4 members (excludes halogenated alkanes) is 27. The maximum Gasteiger partial charge on any atom is 0.306 e. The molecule has 0 fully saturated rings. The van der Waals surface area contributed by atoms with E-state index < -0.39 is 6.10 Å². The number of ether oxygens (including phenoxy) is 3. The van der Waals surface area contributed by atoms with Crippen LogP contribution in [0.3, 0.4) is 0 Å². The molecular weight excluding hydrogens is 636 g/mol. The maximum absolute atomic E-state index is 12.7. The van der Waals surface area contributed by atoms with Crippen molar-refractivity contribution in [1.29, 1.82) is 0 Å². The van der Waals surface area contributed by atoms with Gasteiger partial charge in [-0.15, -0.1) is 0 Å². The minimum absolute atomic E-state index is 0.0642. The summed E-state index contributed by atoms with van der Waals surface area (Å²) in [7, 11) is 0. The number of rotatable bonds is 40. The Morgan fingerprint density at radius 3 is 0.961 bits per heavy atom. The fourth-order valence-electron chi connectivity index (χ4n) is 6.63. The van der Waals surface area contributed by atoms with E-state index in [9.17, 15) is 14.4 Å². The summed E-state index contributed by atoms with van der Waals surface area (Å²) in [6.45, 7) is 8.95. The van der Waals surface area contributed by atoms with E-state index in [1.54, 1.807) is 0 Å². The summed E-state index contributed by atoms with van der Waals surface area (Å²) in [5.41, 5.74) is 0. The topological polar surface area (TPSA) is 78.9 Å². The molecule has 0 aromatic carbocycles. The second-order valence-corrected chi connectivity index (χ2v) is 15.8. The highest BCUT2D eigenvalue weighted by molar-refractivity contribution is 5.71. The van der Waals surface area contributed by atoms with Crippen LogP contribution < -0.4 is 0 Å². The van der Waals surface area contributed by atoms with E-state index >= 15 is 0 Å². The Morgan fingerprint density at radius 2 is 0.647 bits per heavy atom. The second kappa shape index (κ2) is 39.6. The van der Waals surface area contributed by atoms with E-state index in [2.05, 4.69) is 27.7 Å². The minimum atomic E-state index is -0.758. The molecule has 0 aromatic heterocycles. The standard InChI is InChI=1S/C45H86O6/c1-5-7-9-11-13-15-17-19-24-28-32-36-43(46)49-39-42(51-45(48)38-34-30-26-20-18-16-14-12-10-8-6-2)40-50-44(47)37-33-29-25-22-21-23-27-31-35-41(3)4/h41-42H,5-40H2,1-4H3/t42-/m1/s1. The molecule has 51 heavy (non-hydrogen) atoms. The predicted molar refractivity (Wildman–Crippen MR) is 215 cm³/mol. The molecule has 0 aliphatic carbocycles. The molecule has 0 unspecified atom stereocenters. The van der Waals surface area contributed by atoms with Crippen LogP contribution in [0.4, 0.5) is 0 Å². The van der Waals surface area contributed by atoms with Gasteiger partial charge in [0.2, 0.25) is 0 Å². The van der Waals surface area contributed by atoms with Gasteiger partial charge < -0.3 is 14.2 Å². The highest BCUT2D eigenvalue weighted by Gasteiger charge is 2.19. The molecule has 302 valence electrons. The van der Waals surface area contributed by atoms with Crippen molar-refractivity contribution < 1.29 is 28.6 Å². The summed E-state index contributed by atoms with van der Waals surface area (Å²) < 4.78 is 16.7. The summed E-state index contributed by atoms with van der Waals surface area (Å²) in [6, 6.07) is 0. The fraction of sp³-hybridized carbons (Fsp3) is 0.933. The molecular formula is C45H86O6. The molecule has 1 atom stereocenters. The smallest absolute Gasteiger partial charge is 0.306 e. The Morgan fingerprint density at radius 1 is 0.373 bits per heavy atom. The van der Waals surface area contributed by atoms with Gasteiger partial charge in [-0.3, -0.25) is 14.4 Å². The summed E-state index contributed by atoms with van der Waals surface area (Å²) in [4.78, 5) is 37.6. The number of esters is 3. The molecule has 6 nitrogen and oxygen atoms in total. The third kappa shape index (κ3) is 39.5. The third-order valence-corrected chi connectivity index (χ3v) is 10.0. The van der Waals surface area contributed by atoms with Gasteiger partial charge in [-0.1, -0.05) is 207 Å². The Bertz CT molecular complexity index is 766. The van der Waals surface area contributed by atoms with Crippen molar-refractivity contribution in [3.63, 3.8) is 0 Å². The van der Waals surface area contributed by atoms with E-state index in [-0.39, 0.29) is 31.1 Å². The zero-order valence-electron chi connectivity index (χ0n) is 34.6. The lowest BCUT2D eigenvalue weighted by Crippen LogP contribution is -2.30. The molecule has 0 saturated heterocycles. The first-order valence-corrected chi connectivity index (χ1v) is 22.4. The lowest BCUT2D eigenvalue weighted by atomic mass is 10.0. The monoisotopic (exact) mass is 723 g/mol. The zero-order valence-corrected chi connectivity index (χ0v) is 34.6. The largest absolute Gasteiger partial charge is 0.462 e. The van der Waals surface area contributed by atoms with Crippen LogP contribution in [0.2, 0.25) is 0 Å². The summed E-state index contributed by atoms with van der Waals surface area (Å²) in [6.07, 6.45) is 38.0. The summed E-state index contributed by atoms with van der Waals surface area (Å²) >= 11 is 0. The van der Waals surface area contributed by atoms with Crippen LogP contribution in [0.5, 0.6) is 0 Å². The minimum Gasteiger partial charge on any atom is -0.462 e. The van der Waals surface area contributed by atoms with Crippen LogP contribution in [0.15, 0.2) is 0 Å². The van der Waals surface area contributed by atoms with E-state index in [0.717, 1.165) is 63.7 Å². The van der Waals surface area contributed by atoms with Gasteiger partial charge in [0.05, 0.1) is 0 Å². The van der Waals surface area contributed by atoms with Crippen molar-refractivity contribution in [2.45, 2.75) is 252 Å². The maximum atomic E-state index is 12.7. The van der Waals surface area contributed by atoms with E-state index in [1.165, 1.54) is 141 Å². The summed E-state index contributed by atoms with van der Waals surface area (Å²) in [5, 5.41) is 0. The molecule has 6 heteroatoms. The Hall–Kier alpha value is -1.59. The fourth-order valence-corrected chi connectivity index (χ4v) is 6.63. The van der Waals surface area contributed by atoms with Gasteiger partial charge in [-0.05, 0) is 25.2 Å². The van der Waals surface area contributed by atoms with Crippen molar-refractivity contribution in [3.05, 3.63) is 0 Å². The first-order valence-electron chi connectivity index (χ1n) is 22.4.